The molecule has 3 amide bonds. The highest BCUT2D eigenvalue weighted by molar-refractivity contribution is 5.95. The summed E-state index contributed by atoms with van der Waals surface area (Å²) in [7, 11) is 0. The van der Waals surface area contributed by atoms with Crippen LogP contribution in [0.4, 0.5) is 15.3 Å². The van der Waals surface area contributed by atoms with Crippen molar-refractivity contribution >= 4 is 17.8 Å². The maximum absolute atomic E-state index is 12.7. The number of hydrogen-bond donors (Lipinski definition) is 2. The fourth-order valence-corrected chi connectivity index (χ4v) is 3.79. The van der Waals surface area contributed by atoms with E-state index in [1.165, 1.54) is 9.80 Å². The van der Waals surface area contributed by atoms with E-state index >= 15 is 0 Å². The van der Waals surface area contributed by atoms with Crippen molar-refractivity contribution < 1.29 is 19.4 Å². The van der Waals surface area contributed by atoms with E-state index < -0.39 is 17.7 Å². The van der Waals surface area contributed by atoms with E-state index in [9.17, 15) is 20.0 Å². The number of nitrogens with zero attached hydrogens (tertiary/aromatic N) is 3. The Morgan fingerprint density at radius 3 is 2.79 bits per heavy atom. The molecule has 2 aliphatic rings. The molecule has 0 aliphatic carbocycles. The van der Waals surface area contributed by atoms with Gasteiger partial charge in [-0.1, -0.05) is 0 Å². The number of carbonyl (C=O) groups is 2. The average molecular weight is 386 g/mol. The zero-order valence-corrected chi connectivity index (χ0v) is 16.7. The summed E-state index contributed by atoms with van der Waals surface area (Å²) >= 11 is 0. The molecule has 1 unspecified atom stereocenters. The first-order chi connectivity index (χ1) is 13.1. The molecule has 2 heterocycles. The lowest BCUT2D eigenvalue weighted by Crippen LogP contribution is -2.46. The standard InChI is InChI=1S/C20H26N4O4/c1-12-16-13(10-15(17(12)25)23-9-5-8-22-18(23)26)11-24(14(16)6-7-21)19(27)28-20(2,3)4/h10,14,25H,5-6,8-9,11H2,1-4H3,(H,22,26). The van der Waals surface area contributed by atoms with Crippen LogP contribution in [0.3, 0.4) is 0 Å². The summed E-state index contributed by atoms with van der Waals surface area (Å²) in [6.07, 6.45) is 0.374. The second-order valence-corrected chi connectivity index (χ2v) is 8.17. The SMILES string of the molecule is Cc1c(O)c(N2CCCNC2=O)cc2c1C(CC#N)N(C(=O)OC(C)(C)C)C2. The topological polar surface area (TPSA) is 106 Å². The third-order valence-electron chi connectivity index (χ3n) is 4.99. The number of nitriles is 1. The number of phenolic OH excluding ortho intramolecular Hbond substituents is 1. The van der Waals surface area contributed by atoms with Crippen LogP contribution < -0.4 is 10.2 Å². The summed E-state index contributed by atoms with van der Waals surface area (Å²) in [4.78, 5) is 28.0. The first-order valence-corrected chi connectivity index (χ1v) is 9.41. The predicted molar refractivity (Wildman–Crippen MR) is 103 cm³/mol. The van der Waals surface area contributed by atoms with E-state index in [0.29, 0.717) is 24.3 Å². The molecule has 2 N–H and O–H groups in total. The fraction of sp³-hybridized carbons (Fsp3) is 0.550. The Bertz CT molecular complexity index is 853. The van der Waals surface area contributed by atoms with Crippen molar-refractivity contribution in [3.8, 4) is 11.8 Å². The quantitative estimate of drug-likeness (QED) is 0.811. The minimum Gasteiger partial charge on any atom is -0.505 e. The smallest absolute Gasteiger partial charge is 0.411 e. The number of ether oxygens (including phenoxy) is 1. The molecular formula is C20H26N4O4. The van der Waals surface area contributed by atoms with Gasteiger partial charge in [0.25, 0.3) is 0 Å². The minimum absolute atomic E-state index is 0.00442. The van der Waals surface area contributed by atoms with Gasteiger partial charge in [0.1, 0.15) is 11.4 Å². The lowest BCUT2D eigenvalue weighted by atomic mass is 9.95. The van der Waals surface area contributed by atoms with E-state index in [1.807, 2.05) is 0 Å². The van der Waals surface area contributed by atoms with Crippen molar-refractivity contribution in [3.05, 3.63) is 22.8 Å². The van der Waals surface area contributed by atoms with Gasteiger partial charge in [0, 0.05) is 13.1 Å². The highest BCUT2D eigenvalue weighted by Gasteiger charge is 2.39. The molecular weight excluding hydrogens is 360 g/mol. The Morgan fingerprint density at radius 1 is 1.46 bits per heavy atom. The number of hydrogen-bond acceptors (Lipinski definition) is 5. The zero-order valence-electron chi connectivity index (χ0n) is 16.7. The van der Waals surface area contributed by atoms with Crippen LogP contribution in [0.15, 0.2) is 6.07 Å². The summed E-state index contributed by atoms with van der Waals surface area (Å²) in [5.74, 6) is 0.00442. The van der Waals surface area contributed by atoms with E-state index in [-0.39, 0.29) is 24.7 Å². The van der Waals surface area contributed by atoms with Gasteiger partial charge >= 0.3 is 12.1 Å². The Morgan fingerprint density at radius 2 is 2.18 bits per heavy atom. The molecule has 1 aromatic rings. The molecule has 0 aromatic heterocycles. The Hall–Kier alpha value is -2.95. The van der Waals surface area contributed by atoms with Crippen molar-refractivity contribution in [2.45, 2.75) is 58.7 Å². The molecule has 3 rings (SSSR count). The monoisotopic (exact) mass is 386 g/mol. The molecule has 28 heavy (non-hydrogen) atoms. The molecule has 0 bridgehead atoms. The first-order valence-electron chi connectivity index (χ1n) is 9.41. The molecule has 0 saturated carbocycles. The van der Waals surface area contributed by atoms with Gasteiger partial charge in [-0.3, -0.25) is 9.80 Å². The van der Waals surface area contributed by atoms with Crippen LogP contribution in [0.25, 0.3) is 0 Å². The van der Waals surface area contributed by atoms with Gasteiger partial charge in [-0.05, 0) is 56.9 Å². The number of carbonyl (C=O) groups excluding carboxylic acids is 2. The van der Waals surface area contributed by atoms with Gasteiger partial charge in [-0.2, -0.15) is 5.26 Å². The maximum Gasteiger partial charge on any atom is 0.411 e. The molecule has 150 valence electrons. The molecule has 8 heteroatoms. The van der Waals surface area contributed by atoms with E-state index in [4.69, 9.17) is 4.74 Å². The lowest BCUT2D eigenvalue weighted by Gasteiger charge is -2.29. The van der Waals surface area contributed by atoms with Crippen LogP contribution in [0, 0.1) is 18.3 Å². The van der Waals surface area contributed by atoms with Crippen molar-refractivity contribution in [1.29, 1.82) is 5.26 Å². The van der Waals surface area contributed by atoms with Crippen LogP contribution in [-0.4, -0.2) is 40.8 Å². The van der Waals surface area contributed by atoms with Gasteiger partial charge in [0.05, 0.1) is 30.8 Å². The highest BCUT2D eigenvalue weighted by Crippen LogP contribution is 2.45. The van der Waals surface area contributed by atoms with Crippen LogP contribution in [0.1, 0.15) is 56.3 Å². The molecule has 0 radical (unpaired) electrons. The van der Waals surface area contributed by atoms with E-state index in [2.05, 4.69) is 11.4 Å². The number of fused-ring (bicyclic) bond motifs is 1. The van der Waals surface area contributed by atoms with Crippen molar-refractivity contribution in [2.24, 2.45) is 0 Å². The van der Waals surface area contributed by atoms with Crippen molar-refractivity contribution in [3.63, 3.8) is 0 Å². The number of rotatable bonds is 2. The number of anilines is 1. The number of phenols is 1. The van der Waals surface area contributed by atoms with Gasteiger partial charge in [-0.15, -0.1) is 0 Å². The number of benzene rings is 1. The summed E-state index contributed by atoms with van der Waals surface area (Å²) in [5, 5.41) is 22.9. The number of nitrogens with one attached hydrogen (secondary N) is 1. The Balaban J connectivity index is 2.01. The first kappa shape index (κ1) is 19.8. The number of urea groups is 1. The third kappa shape index (κ3) is 3.57. The molecule has 8 nitrogen and oxygen atoms in total. The maximum atomic E-state index is 12.7. The third-order valence-corrected chi connectivity index (χ3v) is 4.99. The van der Waals surface area contributed by atoms with Crippen LogP contribution in [-0.2, 0) is 11.3 Å². The van der Waals surface area contributed by atoms with Gasteiger partial charge in [0.2, 0.25) is 0 Å². The van der Waals surface area contributed by atoms with E-state index in [1.54, 1.807) is 33.8 Å². The van der Waals surface area contributed by atoms with Crippen molar-refractivity contribution in [1.82, 2.24) is 10.2 Å². The van der Waals surface area contributed by atoms with Crippen LogP contribution in [0.5, 0.6) is 5.75 Å². The number of aromatic hydroxyl groups is 1. The molecule has 2 aliphatic heterocycles. The van der Waals surface area contributed by atoms with Crippen LogP contribution in [0.2, 0.25) is 0 Å². The Kier molecular flexibility index (Phi) is 5.11. The fourth-order valence-electron chi connectivity index (χ4n) is 3.79. The minimum atomic E-state index is -0.655. The van der Waals surface area contributed by atoms with E-state index in [0.717, 1.165) is 17.5 Å². The summed E-state index contributed by atoms with van der Waals surface area (Å²) < 4.78 is 5.50. The summed E-state index contributed by atoms with van der Waals surface area (Å²) in [6, 6.07) is 3.12. The molecule has 1 atom stereocenters. The normalized spacial score (nSPS) is 19.1. The lowest BCUT2D eigenvalue weighted by molar-refractivity contribution is 0.0175. The van der Waals surface area contributed by atoms with Crippen molar-refractivity contribution in [2.75, 3.05) is 18.0 Å². The highest BCUT2D eigenvalue weighted by atomic mass is 16.6. The molecule has 1 fully saturated rings. The molecule has 1 aromatic carbocycles. The number of amides is 3. The van der Waals surface area contributed by atoms with Gasteiger partial charge in [-0.25, -0.2) is 9.59 Å². The van der Waals surface area contributed by atoms with Gasteiger partial charge < -0.3 is 15.2 Å². The second-order valence-electron chi connectivity index (χ2n) is 8.17. The second kappa shape index (κ2) is 7.23. The summed E-state index contributed by atoms with van der Waals surface area (Å²) in [5.41, 5.74) is 1.92. The zero-order chi connectivity index (χ0) is 20.6. The largest absolute Gasteiger partial charge is 0.505 e. The van der Waals surface area contributed by atoms with Crippen LogP contribution >= 0.6 is 0 Å². The van der Waals surface area contributed by atoms with Gasteiger partial charge in [0.15, 0.2) is 0 Å². The molecule has 1 saturated heterocycles. The summed E-state index contributed by atoms with van der Waals surface area (Å²) in [6.45, 7) is 8.50. The average Bonchev–Trinajstić information content (AvgIpc) is 2.96. The predicted octanol–water partition coefficient (Wildman–Crippen LogP) is 3.33. The Labute approximate surface area is 164 Å². The molecule has 0 spiro atoms.